The molecule has 0 aromatic heterocycles. The molecule has 0 aromatic carbocycles. The smallest absolute Gasteiger partial charge is 0.335 e. The van der Waals surface area contributed by atoms with Gasteiger partial charge in [0.1, 0.15) is 12.7 Å². The monoisotopic (exact) mass is 175 g/mol. The molecule has 5 nitrogen and oxygen atoms in total. The van der Waals surface area contributed by atoms with Gasteiger partial charge in [0.2, 0.25) is 0 Å². The fourth-order valence-corrected chi connectivity index (χ4v) is 1.17. The number of carboxylic acids is 1. The summed E-state index contributed by atoms with van der Waals surface area (Å²) in [6, 6.07) is 0. The van der Waals surface area contributed by atoms with E-state index in [1.54, 1.807) is 13.8 Å². The molecule has 0 aromatic rings. The zero-order chi connectivity index (χ0) is 9.35. The highest BCUT2D eigenvalue weighted by Gasteiger charge is 2.45. The Morgan fingerprint density at radius 2 is 2.08 bits per heavy atom. The van der Waals surface area contributed by atoms with E-state index in [-0.39, 0.29) is 0 Å². The van der Waals surface area contributed by atoms with Gasteiger partial charge >= 0.3 is 5.97 Å². The third-order valence-electron chi connectivity index (χ3n) is 1.59. The summed E-state index contributed by atoms with van der Waals surface area (Å²) in [5.41, 5.74) is 0. The van der Waals surface area contributed by atoms with Gasteiger partial charge in [0.15, 0.2) is 11.9 Å². The van der Waals surface area contributed by atoms with Gasteiger partial charge < -0.3 is 14.6 Å². The maximum Gasteiger partial charge on any atom is 0.335 e. The van der Waals surface area contributed by atoms with E-state index in [4.69, 9.17) is 14.6 Å². The summed E-state index contributed by atoms with van der Waals surface area (Å²) < 4.78 is 10.0. The first-order valence-corrected chi connectivity index (χ1v) is 3.63. The summed E-state index contributed by atoms with van der Waals surface area (Å²) in [6.45, 7) is 2.57. The molecule has 0 bridgehead atoms. The molecule has 1 N–H and O–H groups in total. The summed E-state index contributed by atoms with van der Waals surface area (Å²) in [4.78, 5) is 10.5. The van der Waals surface area contributed by atoms with Crippen LogP contribution in [0.15, 0.2) is 0 Å². The van der Waals surface area contributed by atoms with E-state index >= 15 is 0 Å². The van der Waals surface area contributed by atoms with Crippen LogP contribution in [0.2, 0.25) is 0 Å². The fraction of sp³-hybridized carbons (Fsp3) is 0.857. The molecule has 1 rings (SSSR count). The number of ether oxygens (including phenoxy) is 2. The molecular weight excluding hydrogens is 164 g/mol. The van der Waals surface area contributed by atoms with Crippen LogP contribution in [0.3, 0.4) is 0 Å². The van der Waals surface area contributed by atoms with Crippen LogP contribution in [0, 0.1) is 0 Å². The average Bonchev–Trinajstić information content (AvgIpc) is 2.25. The molecule has 12 heavy (non-hydrogen) atoms. The lowest BCUT2D eigenvalue weighted by Gasteiger charge is -2.15. The van der Waals surface area contributed by atoms with Crippen molar-refractivity contribution in [3.8, 4) is 0 Å². The van der Waals surface area contributed by atoms with Gasteiger partial charge in [0.05, 0.1) is 0 Å². The lowest BCUT2D eigenvalue weighted by molar-refractivity contribution is -0.166. The number of aliphatic carboxylic acids is 1. The average molecular weight is 175 g/mol. The van der Waals surface area contributed by atoms with Gasteiger partial charge in [-0.2, -0.15) is 0 Å². The Kier molecular flexibility index (Phi) is 2.36. The third kappa shape index (κ3) is 1.74. The first kappa shape index (κ1) is 9.44. The van der Waals surface area contributed by atoms with Crippen molar-refractivity contribution in [2.45, 2.75) is 31.8 Å². The van der Waals surface area contributed by atoms with Crippen molar-refractivity contribution >= 4 is 5.97 Å². The molecule has 2 atom stereocenters. The Balaban J connectivity index is 2.69. The van der Waals surface area contributed by atoms with Crippen LogP contribution < -0.4 is 0 Å². The van der Waals surface area contributed by atoms with Crippen molar-refractivity contribution in [3.05, 3.63) is 0 Å². The van der Waals surface area contributed by atoms with E-state index in [1.807, 2.05) is 0 Å². The van der Waals surface area contributed by atoms with Crippen molar-refractivity contribution in [3.63, 3.8) is 0 Å². The van der Waals surface area contributed by atoms with Crippen LogP contribution in [0.5, 0.6) is 0 Å². The molecule has 0 aliphatic carbocycles. The highest BCUT2D eigenvalue weighted by atomic mass is 16.8. The summed E-state index contributed by atoms with van der Waals surface area (Å²) in [7, 11) is 0. The minimum absolute atomic E-state index is 0.597. The van der Waals surface area contributed by atoms with Gasteiger partial charge in [-0.1, -0.05) is 0 Å². The molecule has 1 aliphatic heterocycles. The van der Waals surface area contributed by atoms with Crippen molar-refractivity contribution in [2.75, 3.05) is 6.61 Å². The van der Waals surface area contributed by atoms with Gasteiger partial charge in [-0.25, -0.2) is 9.90 Å². The maximum absolute atomic E-state index is 10.5. The topological polar surface area (TPSA) is 75.7 Å². The van der Waals surface area contributed by atoms with Crippen LogP contribution in [-0.2, 0) is 19.4 Å². The van der Waals surface area contributed by atoms with E-state index in [0.717, 1.165) is 0 Å². The molecule has 1 radical (unpaired) electrons. The van der Waals surface area contributed by atoms with Crippen LogP contribution in [0.4, 0.5) is 0 Å². The lowest BCUT2D eigenvalue weighted by atomic mass is 10.2. The largest absolute Gasteiger partial charge is 0.479 e. The van der Waals surface area contributed by atoms with Crippen LogP contribution in [0.1, 0.15) is 13.8 Å². The van der Waals surface area contributed by atoms with Gasteiger partial charge in [-0.05, 0) is 13.8 Å². The minimum atomic E-state index is -1.15. The number of rotatable bonds is 2. The van der Waals surface area contributed by atoms with E-state index in [0.29, 0.717) is 0 Å². The van der Waals surface area contributed by atoms with E-state index < -0.39 is 30.6 Å². The van der Waals surface area contributed by atoms with Crippen molar-refractivity contribution in [2.24, 2.45) is 0 Å². The molecule has 1 heterocycles. The second-order valence-corrected chi connectivity index (χ2v) is 3.10. The molecule has 0 amide bonds. The predicted molar refractivity (Wildman–Crippen MR) is 37.0 cm³/mol. The molecule has 69 valence electrons. The van der Waals surface area contributed by atoms with E-state index in [2.05, 4.69) is 0 Å². The molecule has 0 spiro atoms. The highest BCUT2D eigenvalue weighted by molar-refractivity contribution is 5.73. The third-order valence-corrected chi connectivity index (χ3v) is 1.59. The molecule has 5 heteroatoms. The maximum atomic E-state index is 10.5. The highest BCUT2D eigenvalue weighted by Crippen LogP contribution is 2.27. The zero-order valence-electron chi connectivity index (χ0n) is 6.94. The van der Waals surface area contributed by atoms with Gasteiger partial charge in [0.25, 0.3) is 0 Å². The Morgan fingerprint density at radius 1 is 1.50 bits per heavy atom. The van der Waals surface area contributed by atoms with E-state index in [1.165, 1.54) is 0 Å². The summed E-state index contributed by atoms with van der Waals surface area (Å²) in [5, 5.41) is 19.1. The van der Waals surface area contributed by atoms with Crippen molar-refractivity contribution in [1.29, 1.82) is 0 Å². The van der Waals surface area contributed by atoms with Crippen molar-refractivity contribution < 1.29 is 24.5 Å². The summed E-state index contributed by atoms with van der Waals surface area (Å²) >= 11 is 0. The summed E-state index contributed by atoms with van der Waals surface area (Å²) in [5.74, 6) is -2.11. The number of hydrogen-bond acceptors (Lipinski definition) is 3. The second-order valence-electron chi connectivity index (χ2n) is 3.10. The van der Waals surface area contributed by atoms with Crippen molar-refractivity contribution in [1.82, 2.24) is 0 Å². The molecule has 1 fully saturated rings. The number of carboxylic acid groups (broad SMARTS) is 1. The molecule has 0 saturated carbocycles. The Labute approximate surface area is 69.9 Å². The standard InChI is InChI=1S/C7H11O5/c1-7(2)11-4(3-8)5(12-7)6(9)10/h4-5H,3H2,1-2H3,(H,9,10). The van der Waals surface area contributed by atoms with E-state index in [9.17, 15) is 9.90 Å². The summed E-state index contributed by atoms with van der Waals surface area (Å²) in [6.07, 6.45) is -2.00. The van der Waals surface area contributed by atoms with Crippen LogP contribution in [-0.4, -0.2) is 35.7 Å². The zero-order valence-corrected chi connectivity index (χ0v) is 6.94. The Morgan fingerprint density at radius 3 is 2.42 bits per heavy atom. The Hall–Kier alpha value is -0.650. The molecule has 2 unspecified atom stereocenters. The Bertz CT molecular complexity index is 188. The van der Waals surface area contributed by atoms with Gasteiger partial charge in [-0.15, -0.1) is 0 Å². The predicted octanol–water partition coefficient (Wildman–Crippen LogP) is 0.0216. The van der Waals surface area contributed by atoms with Crippen LogP contribution >= 0.6 is 0 Å². The first-order valence-electron chi connectivity index (χ1n) is 3.63. The SMILES string of the molecule is CC1(C)OC(C[O])C(C(=O)O)O1. The fourth-order valence-electron chi connectivity index (χ4n) is 1.17. The number of carbonyl (C=O) groups is 1. The van der Waals surface area contributed by atoms with Gasteiger partial charge in [0, 0.05) is 0 Å². The number of hydrogen-bond donors (Lipinski definition) is 1. The molecular formula is C7H11O5. The normalized spacial score (nSPS) is 33.6. The second kappa shape index (κ2) is 3.01. The van der Waals surface area contributed by atoms with Crippen LogP contribution in [0.25, 0.3) is 0 Å². The lowest BCUT2D eigenvalue weighted by Crippen LogP contribution is -2.33. The quantitative estimate of drug-likeness (QED) is 0.642. The molecule has 1 aliphatic rings. The first-order chi connectivity index (χ1) is 5.46. The molecule has 1 saturated heterocycles. The minimum Gasteiger partial charge on any atom is -0.479 e. The van der Waals surface area contributed by atoms with Gasteiger partial charge in [-0.3, -0.25) is 0 Å².